The second-order valence-corrected chi connectivity index (χ2v) is 5.81. The molecule has 0 amide bonds. The zero-order valence-corrected chi connectivity index (χ0v) is 9.62. The van der Waals surface area contributed by atoms with Crippen LogP contribution in [0.2, 0.25) is 0 Å². The number of aromatic nitrogens is 2. The van der Waals surface area contributed by atoms with E-state index in [0.717, 1.165) is 0 Å². The van der Waals surface area contributed by atoms with E-state index in [2.05, 4.69) is 4.98 Å². The SMILES string of the molecule is Cn1cncc1C(=O)CCCS(C)(=O)=O. The first-order valence-electron chi connectivity index (χ1n) is 4.57. The van der Waals surface area contributed by atoms with Crippen LogP contribution in [0.25, 0.3) is 0 Å². The molecule has 1 aromatic heterocycles. The normalized spacial score (nSPS) is 11.6. The topological polar surface area (TPSA) is 69.0 Å². The largest absolute Gasteiger partial charge is 0.331 e. The summed E-state index contributed by atoms with van der Waals surface area (Å²) in [6.07, 6.45) is 4.81. The summed E-state index contributed by atoms with van der Waals surface area (Å²) in [5.74, 6) is -0.0185. The van der Waals surface area contributed by atoms with Crippen molar-refractivity contribution in [3.05, 3.63) is 18.2 Å². The Morgan fingerprint density at radius 2 is 2.20 bits per heavy atom. The number of Topliss-reactive ketones (excluding diaryl/α,β-unsaturated/α-hetero) is 1. The van der Waals surface area contributed by atoms with Gasteiger partial charge >= 0.3 is 0 Å². The Morgan fingerprint density at radius 3 is 2.67 bits per heavy atom. The van der Waals surface area contributed by atoms with E-state index in [4.69, 9.17) is 0 Å². The van der Waals surface area contributed by atoms with Gasteiger partial charge < -0.3 is 4.57 Å². The van der Waals surface area contributed by atoms with Gasteiger partial charge in [-0.3, -0.25) is 4.79 Å². The van der Waals surface area contributed by atoms with E-state index < -0.39 is 9.84 Å². The Balaban J connectivity index is 2.48. The number of nitrogens with zero attached hydrogens (tertiary/aromatic N) is 2. The minimum Gasteiger partial charge on any atom is -0.331 e. The molecule has 0 unspecified atom stereocenters. The van der Waals surface area contributed by atoms with Crippen molar-refractivity contribution in [3.63, 3.8) is 0 Å². The monoisotopic (exact) mass is 230 g/mol. The molecular formula is C9H14N2O3S. The maximum atomic E-state index is 11.6. The van der Waals surface area contributed by atoms with Gasteiger partial charge in [-0.05, 0) is 6.42 Å². The molecular weight excluding hydrogens is 216 g/mol. The lowest BCUT2D eigenvalue weighted by atomic mass is 10.2. The van der Waals surface area contributed by atoms with Crippen LogP contribution in [-0.2, 0) is 16.9 Å². The van der Waals surface area contributed by atoms with Crippen molar-refractivity contribution < 1.29 is 13.2 Å². The lowest BCUT2D eigenvalue weighted by Crippen LogP contribution is -2.09. The summed E-state index contributed by atoms with van der Waals surface area (Å²) < 4.78 is 23.3. The first kappa shape index (κ1) is 11.9. The fourth-order valence-corrected chi connectivity index (χ4v) is 1.92. The molecule has 0 spiro atoms. The number of aryl methyl sites for hydroxylation is 1. The molecule has 0 aliphatic rings. The smallest absolute Gasteiger partial charge is 0.180 e. The summed E-state index contributed by atoms with van der Waals surface area (Å²) in [4.78, 5) is 15.4. The number of carbonyl (C=O) groups is 1. The number of rotatable bonds is 5. The Kier molecular flexibility index (Phi) is 3.62. The lowest BCUT2D eigenvalue weighted by Gasteiger charge is -2.00. The summed E-state index contributed by atoms with van der Waals surface area (Å²) in [6.45, 7) is 0. The van der Waals surface area contributed by atoms with Crippen LogP contribution in [0.4, 0.5) is 0 Å². The number of carbonyl (C=O) groups excluding carboxylic acids is 1. The van der Waals surface area contributed by atoms with Gasteiger partial charge in [-0.1, -0.05) is 0 Å². The van der Waals surface area contributed by atoms with Crippen molar-refractivity contribution >= 4 is 15.6 Å². The Labute approximate surface area is 89.0 Å². The molecule has 1 heterocycles. The molecule has 6 heteroatoms. The average Bonchev–Trinajstić information content (AvgIpc) is 2.48. The molecule has 84 valence electrons. The fraction of sp³-hybridized carbons (Fsp3) is 0.556. The van der Waals surface area contributed by atoms with E-state index in [1.807, 2.05) is 0 Å². The molecule has 0 N–H and O–H groups in total. The Morgan fingerprint density at radius 1 is 1.53 bits per heavy atom. The third-order valence-corrected chi connectivity index (χ3v) is 3.05. The molecule has 1 rings (SSSR count). The third kappa shape index (κ3) is 3.83. The van der Waals surface area contributed by atoms with Crippen molar-refractivity contribution in [2.24, 2.45) is 7.05 Å². The van der Waals surface area contributed by atoms with E-state index in [1.54, 1.807) is 17.9 Å². The summed E-state index contributed by atoms with van der Waals surface area (Å²) >= 11 is 0. The van der Waals surface area contributed by atoms with E-state index in [9.17, 15) is 13.2 Å². The quantitative estimate of drug-likeness (QED) is 0.688. The first-order valence-corrected chi connectivity index (χ1v) is 6.63. The molecule has 1 aromatic rings. The molecule has 0 fully saturated rings. The van der Waals surface area contributed by atoms with Crippen molar-refractivity contribution in [1.29, 1.82) is 0 Å². The molecule has 0 radical (unpaired) electrons. The van der Waals surface area contributed by atoms with Gasteiger partial charge in [0.15, 0.2) is 5.78 Å². The molecule has 0 aliphatic carbocycles. The van der Waals surface area contributed by atoms with E-state index in [1.165, 1.54) is 12.5 Å². The van der Waals surface area contributed by atoms with Gasteiger partial charge in [-0.15, -0.1) is 0 Å². The first-order chi connectivity index (χ1) is 6.90. The second-order valence-electron chi connectivity index (χ2n) is 3.55. The van der Waals surface area contributed by atoms with Crippen molar-refractivity contribution in [1.82, 2.24) is 9.55 Å². The van der Waals surface area contributed by atoms with Gasteiger partial charge in [0.25, 0.3) is 0 Å². The minimum absolute atomic E-state index is 0.0522. The van der Waals surface area contributed by atoms with Crippen LogP contribution in [0.5, 0.6) is 0 Å². The van der Waals surface area contributed by atoms with Gasteiger partial charge in [0, 0.05) is 19.7 Å². The van der Waals surface area contributed by atoms with Crippen LogP contribution in [-0.4, -0.2) is 35.8 Å². The predicted molar refractivity (Wildman–Crippen MR) is 56.5 cm³/mol. The zero-order valence-electron chi connectivity index (χ0n) is 8.80. The van der Waals surface area contributed by atoms with Crippen LogP contribution >= 0.6 is 0 Å². The fourth-order valence-electron chi connectivity index (χ4n) is 1.25. The highest BCUT2D eigenvalue weighted by Gasteiger charge is 2.11. The third-order valence-electron chi connectivity index (χ3n) is 2.02. The summed E-state index contributed by atoms with van der Waals surface area (Å²) in [5.41, 5.74) is 0.517. The molecule has 0 aliphatic heterocycles. The van der Waals surface area contributed by atoms with Crippen molar-refractivity contribution in [2.75, 3.05) is 12.0 Å². The van der Waals surface area contributed by atoms with Gasteiger partial charge in [-0.25, -0.2) is 13.4 Å². The molecule has 0 atom stereocenters. The summed E-state index contributed by atoms with van der Waals surface area (Å²) in [7, 11) is -1.24. The summed E-state index contributed by atoms with van der Waals surface area (Å²) in [6, 6.07) is 0. The van der Waals surface area contributed by atoms with Gasteiger partial charge in [0.05, 0.1) is 18.3 Å². The predicted octanol–water partition coefficient (Wildman–Crippen LogP) is 0.428. The Bertz CT molecular complexity index is 448. The molecule has 0 aromatic carbocycles. The molecule has 0 saturated carbocycles. The minimum atomic E-state index is -2.97. The van der Waals surface area contributed by atoms with Crippen molar-refractivity contribution in [3.8, 4) is 0 Å². The standard InChI is InChI=1S/C9H14N2O3S/c1-11-7-10-6-8(11)9(12)4-3-5-15(2,13)14/h6-7H,3-5H2,1-2H3. The van der Waals surface area contributed by atoms with E-state index in [0.29, 0.717) is 12.1 Å². The summed E-state index contributed by atoms with van der Waals surface area (Å²) in [5, 5.41) is 0. The zero-order chi connectivity index (χ0) is 11.5. The molecule has 5 nitrogen and oxygen atoms in total. The van der Waals surface area contributed by atoms with E-state index >= 15 is 0 Å². The van der Waals surface area contributed by atoms with Crippen LogP contribution in [0.1, 0.15) is 23.3 Å². The van der Waals surface area contributed by atoms with Gasteiger partial charge in [-0.2, -0.15) is 0 Å². The van der Waals surface area contributed by atoms with Crippen molar-refractivity contribution in [2.45, 2.75) is 12.8 Å². The molecule has 0 saturated heterocycles. The highest BCUT2D eigenvalue weighted by atomic mass is 32.2. The maximum absolute atomic E-state index is 11.6. The highest BCUT2D eigenvalue weighted by molar-refractivity contribution is 7.90. The molecule has 0 bridgehead atoms. The van der Waals surface area contributed by atoms with Gasteiger partial charge in [0.2, 0.25) is 0 Å². The maximum Gasteiger partial charge on any atom is 0.180 e. The molecule has 15 heavy (non-hydrogen) atoms. The van der Waals surface area contributed by atoms with Gasteiger partial charge in [0.1, 0.15) is 15.5 Å². The Hall–Kier alpha value is -1.17. The number of hydrogen-bond donors (Lipinski definition) is 0. The lowest BCUT2D eigenvalue weighted by molar-refractivity contribution is 0.0974. The average molecular weight is 230 g/mol. The highest BCUT2D eigenvalue weighted by Crippen LogP contribution is 2.04. The van der Waals surface area contributed by atoms with Crippen LogP contribution in [0.15, 0.2) is 12.5 Å². The number of ketones is 1. The number of sulfone groups is 1. The van der Waals surface area contributed by atoms with Crippen LogP contribution in [0, 0.1) is 0 Å². The number of imidazole rings is 1. The van der Waals surface area contributed by atoms with Crippen LogP contribution in [0.3, 0.4) is 0 Å². The van der Waals surface area contributed by atoms with Crippen LogP contribution < -0.4 is 0 Å². The number of hydrogen-bond acceptors (Lipinski definition) is 4. The van der Waals surface area contributed by atoms with E-state index in [-0.39, 0.29) is 18.0 Å². The second kappa shape index (κ2) is 4.57.